The van der Waals surface area contributed by atoms with Crippen LogP contribution in [-0.4, -0.2) is 44.7 Å². The van der Waals surface area contributed by atoms with Crippen molar-refractivity contribution in [3.05, 3.63) is 11.8 Å². The average molecular weight is 305 g/mol. The van der Waals surface area contributed by atoms with Gasteiger partial charge in [0.05, 0.1) is 5.03 Å². The van der Waals surface area contributed by atoms with E-state index in [1.807, 2.05) is 0 Å². The number of rotatable bonds is 4. The Balaban J connectivity index is 1.83. The molecule has 1 N–H and O–H groups in total. The molecule has 8 heteroatoms. The Kier molecular flexibility index (Phi) is 4.85. The predicted molar refractivity (Wildman–Crippen MR) is 71.2 cm³/mol. The van der Waals surface area contributed by atoms with E-state index in [-0.39, 0.29) is 5.69 Å². The zero-order chi connectivity index (χ0) is 14.7. The highest BCUT2D eigenvalue weighted by molar-refractivity contribution is 7.99. The molecule has 0 radical (unpaired) electrons. The first-order chi connectivity index (χ1) is 9.47. The van der Waals surface area contributed by atoms with Gasteiger partial charge in [0.15, 0.2) is 0 Å². The highest BCUT2D eigenvalue weighted by Gasteiger charge is 2.23. The molecule has 1 aromatic heterocycles. The average Bonchev–Trinajstić information content (AvgIpc) is 2.78. The lowest BCUT2D eigenvalue weighted by atomic mass is 9.99. The van der Waals surface area contributed by atoms with Gasteiger partial charge in [-0.05, 0) is 24.8 Å². The van der Waals surface area contributed by atoms with E-state index in [0.717, 1.165) is 23.6 Å². The van der Waals surface area contributed by atoms with Crippen molar-refractivity contribution in [3.63, 3.8) is 0 Å². The molecule has 1 aliphatic rings. The number of halogens is 2. The van der Waals surface area contributed by atoms with Crippen molar-refractivity contribution >= 4 is 17.9 Å². The number of amides is 1. The van der Waals surface area contributed by atoms with Crippen LogP contribution in [0.3, 0.4) is 0 Å². The molecule has 1 amide bonds. The Hall–Kier alpha value is -1.31. The van der Waals surface area contributed by atoms with Crippen LogP contribution in [0, 0.1) is 5.92 Å². The second kappa shape index (κ2) is 6.43. The minimum absolute atomic E-state index is 0.198. The van der Waals surface area contributed by atoms with Gasteiger partial charge in [0, 0.05) is 25.9 Å². The molecule has 0 aliphatic carbocycles. The zero-order valence-corrected chi connectivity index (χ0v) is 11.9. The number of hydrogen-bond donors (Lipinski definition) is 1. The molecule has 2 heterocycles. The first-order valence-electron chi connectivity index (χ1n) is 6.40. The lowest BCUT2D eigenvalue weighted by Gasteiger charge is -2.29. The van der Waals surface area contributed by atoms with Gasteiger partial charge in [-0.2, -0.15) is 5.10 Å². The van der Waals surface area contributed by atoms with E-state index in [2.05, 4.69) is 5.10 Å². The molecule has 2 rings (SSSR count). The van der Waals surface area contributed by atoms with Gasteiger partial charge in [0.2, 0.25) is 0 Å². The van der Waals surface area contributed by atoms with Gasteiger partial charge in [0.25, 0.3) is 6.43 Å². The SMILES string of the molecule is Cn1nc(C(F)F)cc1SCC1CCN(C(=O)O)CC1. The summed E-state index contributed by atoms with van der Waals surface area (Å²) in [6.45, 7) is 1.10. The van der Waals surface area contributed by atoms with Gasteiger partial charge in [-0.25, -0.2) is 13.6 Å². The van der Waals surface area contributed by atoms with Gasteiger partial charge in [-0.15, -0.1) is 11.8 Å². The van der Waals surface area contributed by atoms with Crippen LogP contribution >= 0.6 is 11.8 Å². The molecule has 0 spiro atoms. The quantitative estimate of drug-likeness (QED) is 0.869. The van der Waals surface area contributed by atoms with E-state index < -0.39 is 12.5 Å². The molecule has 20 heavy (non-hydrogen) atoms. The molecular weight excluding hydrogens is 288 g/mol. The maximum absolute atomic E-state index is 12.5. The first-order valence-corrected chi connectivity index (χ1v) is 7.38. The van der Waals surface area contributed by atoms with Crippen LogP contribution in [-0.2, 0) is 7.05 Å². The summed E-state index contributed by atoms with van der Waals surface area (Å²) < 4.78 is 26.5. The predicted octanol–water partition coefficient (Wildman–Crippen LogP) is 2.84. The van der Waals surface area contributed by atoms with Gasteiger partial charge >= 0.3 is 6.09 Å². The van der Waals surface area contributed by atoms with Crippen LogP contribution in [0.5, 0.6) is 0 Å². The summed E-state index contributed by atoms with van der Waals surface area (Å²) in [5.41, 5.74) is -0.198. The minimum Gasteiger partial charge on any atom is -0.465 e. The fourth-order valence-electron chi connectivity index (χ4n) is 2.21. The standard InChI is InChI=1S/C12H17F2N3O2S/c1-16-10(6-9(15-16)11(13)14)20-7-8-2-4-17(5-3-8)12(18)19/h6,8,11H,2-5,7H2,1H3,(H,18,19). The third-order valence-electron chi connectivity index (χ3n) is 3.43. The summed E-state index contributed by atoms with van der Waals surface area (Å²) >= 11 is 1.50. The Labute approximate surface area is 119 Å². The highest BCUT2D eigenvalue weighted by atomic mass is 32.2. The summed E-state index contributed by atoms with van der Waals surface area (Å²) in [7, 11) is 1.65. The van der Waals surface area contributed by atoms with Crippen molar-refractivity contribution in [2.24, 2.45) is 13.0 Å². The Morgan fingerprint density at radius 3 is 2.70 bits per heavy atom. The largest absolute Gasteiger partial charge is 0.465 e. The van der Waals surface area contributed by atoms with Crippen molar-refractivity contribution in [2.75, 3.05) is 18.8 Å². The lowest BCUT2D eigenvalue weighted by molar-refractivity contribution is 0.127. The van der Waals surface area contributed by atoms with Crippen LogP contribution < -0.4 is 0 Å². The number of carboxylic acid groups (broad SMARTS) is 1. The second-order valence-electron chi connectivity index (χ2n) is 4.86. The summed E-state index contributed by atoms with van der Waals surface area (Å²) in [6, 6.07) is 1.42. The maximum atomic E-state index is 12.5. The molecule has 1 aliphatic heterocycles. The van der Waals surface area contributed by atoms with Gasteiger partial charge in [-0.3, -0.25) is 4.68 Å². The van der Waals surface area contributed by atoms with Gasteiger partial charge in [-0.1, -0.05) is 0 Å². The Bertz CT molecular complexity index is 473. The molecule has 1 saturated heterocycles. The van der Waals surface area contributed by atoms with Crippen LogP contribution in [0.2, 0.25) is 0 Å². The van der Waals surface area contributed by atoms with E-state index in [9.17, 15) is 13.6 Å². The molecule has 1 aromatic rings. The summed E-state index contributed by atoms with van der Waals surface area (Å²) in [5.74, 6) is 1.22. The molecular formula is C12H17F2N3O2S. The maximum Gasteiger partial charge on any atom is 0.407 e. The zero-order valence-electron chi connectivity index (χ0n) is 11.1. The molecule has 5 nitrogen and oxygen atoms in total. The van der Waals surface area contributed by atoms with Crippen molar-refractivity contribution in [1.82, 2.24) is 14.7 Å². The second-order valence-corrected chi connectivity index (χ2v) is 5.90. The highest BCUT2D eigenvalue weighted by Crippen LogP contribution is 2.28. The number of aromatic nitrogens is 2. The van der Waals surface area contributed by atoms with Gasteiger partial charge in [0.1, 0.15) is 5.69 Å². The summed E-state index contributed by atoms with van der Waals surface area (Å²) in [5, 5.41) is 13.4. The van der Waals surface area contributed by atoms with E-state index in [4.69, 9.17) is 5.11 Å². The van der Waals surface area contributed by atoms with E-state index >= 15 is 0 Å². The number of alkyl halides is 2. The monoisotopic (exact) mass is 305 g/mol. The fraction of sp³-hybridized carbons (Fsp3) is 0.667. The first kappa shape index (κ1) is 15.1. The third-order valence-corrected chi connectivity index (χ3v) is 4.75. The number of thioether (sulfide) groups is 1. The number of likely N-dealkylation sites (tertiary alicyclic amines) is 1. The van der Waals surface area contributed by atoms with Crippen molar-refractivity contribution in [3.8, 4) is 0 Å². The van der Waals surface area contributed by atoms with E-state index in [1.165, 1.54) is 27.4 Å². The Morgan fingerprint density at radius 2 is 2.20 bits per heavy atom. The van der Waals surface area contributed by atoms with E-state index in [0.29, 0.717) is 19.0 Å². The molecule has 0 unspecified atom stereocenters. The lowest BCUT2D eigenvalue weighted by Crippen LogP contribution is -2.37. The fourth-order valence-corrected chi connectivity index (χ4v) is 3.38. The Morgan fingerprint density at radius 1 is 1.55 bits per heavy atom. The van der Waals surface area contributed by atoms with Crippen molar-refractivity contribution in [1.29, 1.82) is 0 Å². The van der Waals surface area contributed by atoms with Crippen LogP contribution in [0.25, 0.3) is 0 Å². The van der Waals surface area contributed by atoms with Crippen molar-refractivity contribution < 1.29 is 18.7 Å². The number of piperidine rings is 1. The smallest absolute Gasteiger partial charge is 0.407 e. The third kappa shape index (κ3) is 3.62. The summed E-state index contributed by atoms with van der Waals surface area (Å²) in [4.78, 5) is 12.2. The molecule has 0 bridgehead atoms. The van der Waals surface area contributed by atoms with Crippen LogP contribution in [0.1, 0.15) is 25.0 Å². The number of nitrogens with zero attached hydrogens (tertiary/aromatic N) is 3. The normalized spacial score (nSPS) is 16.9. The van der Waals surface area contributed by atoms with Crippen molar-refractivity contribution in [2.45, 2.75) is 24.3 Å². The number of hydrogen-bond acceptors (Lipinski definition) is 3. The number of carbonyl (C=O) groups is 1. The van der Waals surface area contributed by atoms with Crippen LogP contribution in [0.15, 0.2) is 11.1 Å². The van der Waals surface area contributed by atoms with Gasteiger partial charge < -0.3 is 10.0 Å². The topological polar surface area (TPSA) is 58.4 Å². The molecule has 0 aromatic carbocycles. The molecule has 0 saturated carbocycles. The van der Waals surface area contributed by atoms with Crippen LogP contribution in [0.4, 0.5) is 13.6 Å². The van der Waals surface area contributed by atoms with E-state index in [1.54, 1.807) is 7.05 Å². The number of aryl methyl sites for hydroxylation is 1. The summed E-state index contributed by atoms with van der Waals surface area (Å²) in [6.07, 6.45) is -1.78. The molecule has 1 fully saturated rings. The minimum atomic E-state index is -2.55. The molecule has 112 valence electrons. The molecule has 0 atom stereocenters.